The molecule has 0 saturated carbocycles. The summed E-state index contributed by atoms with van der Waals surface area (Å²) >= 11 is 1.02. The minimum atomic E-state index is -4.40. The normalized spacial score (nSPS) is 11.3. The van der Waals surface area contributed by atoms with Crippen molar-refractivity contribution in [1.29, 1.82) is 0 Å². The number of nitrogens with two attached hydrogens (primary N) is 1. The second-order valence-electron chi connectivity index (χ2n) is 5.00. The summed E-state index contributed by atoms with van der Waals surface area (Å²) in [4.78, 5) is 20.5. The van der Waals surface area contributed by atoms with Gasteiger partial charge in [0, 0.05) is 23.6 Å². The summed E-state index contributed by atoms with van der Waals surface area (Å²) in [5.41, 5.74) is 5.82. The fourth-order valence-electron chi connectivity index (χ4n) is 2.04. The number of hydrogen-bond donors (Lipinski definition) is 2. The van der Waals surface area contributed by atoms with Crippen molar-refractivity contribution >= 4 is 33.8 Å². The number of ketones is 1. The van der Waals surface area contributed by atoms with Gasteiger partial charge in [0.1, 0.15) is 10.7 Å². The number of aromatic nitrogens is 2. The van der Waals surface area contributed by atoms with E-state index in [9.17, 15) is 18.0 Å². The second-order valence-corrected chi connectivity index (χ2v) is 6.00. The van der Waals surface area contributed by atoms with E-state index in [-0.39, 0.29) is 16.5 Å². The summed E-state index contributed by atoms with van der Waals surface area (Å²) in [6.45, 7) is 0. The fraction of sp³-hybridized carbons (Fsp3) is 0.0625. The quantitative estimate of drug-likeness (QED) is 0.681. The van der Waals surface area contributed by atoms with Crippen LogP contribution in [0.4, 0.5) is 29.8 Å². The summed E-state index contributed by atoms with van der Waals surface area (Å²) < 4.78 is 37.7. The van der Waals surface area contributed by atoms with E-state index in [4.69, 9.17) is 5.73 Å². The highest BCUT2D eigenvalue weighted by atomic mass is 32.1. The predicted molar refractivity (Wildman–Crippen MR) is 88.9 cm³/mol. The van der Waals surface area contributed by atoms with Crippen molar-refractivity contribution in [2.45, 2.75) is 6.18 Å². The van der Waals surface area contributed by atoms with Gasteiger partial charge in [-0.2, -0.15) is 13.2 Å². The Morgan fingerprint density at radius 3 is 2.48 bits per heavy atom. The molecule has 0 aliphatic carbocycles. The largest absolute Gasteiger partial charge is 0.416 e. The predicted octanol–water partition coefficient (Wildman–Crippen LogP) is 4.11. The van der Waals surface area contributed by atoms with Crippen molar-refractivity contribution in [3.05, 3.63) is 64.8 Å². The maximum Gasteiger partial charge on any atom is 0.416 e. The van der Waals surface area contributed by atoms with Crippen molar-refractivity contribution < 1.29 is 18.0 Å². The fourth-order valence-corrected chi connectivity index (χ4v) is 2.91. The third kappa shape index (κ3) is 3.77. The van der Waals surface area contributed by atoms with Crippen LogP contribution in [0.5, 0.6) is 0 Å². The van der Waals surface area contributed by atoms with E-state index in [1.165, 1.54) is 18.3 Å². The Morgan fingerprint density at radius 2 is 1.88 bits per heavy atom. The third-order valence-corrected chi connectivity index (χ3v) is 4.23. The van der Waals surface area contributed by atoms with Crippen LogP contribution in [0.15, 0.2) is 48.8 Å². The van der Waals surface area contributed by atoms with Crippen molar-refractivity contribution in [2.75, 3.05) is 11.1 Å². The first-order chi connectivity index (χ1) is 11.8. The first-order valence-corrected chi connectivity index (χ1v) is 7.81. The van der Waals surface area contributed by atoms with Crippen LogP contribution in [0, 0.1) is 0 Å². The molecule has 3 N–H and O–H groups in total. The van der Waals surface area contributed by atoms with Crippen molar-refractivity contribution in [1.82, 2.24) is 9.97 Å². The average Bonchev–Trinajstić information content (AvgIpc) is 2.95. The number of thiazole rings is 1. The highest BCUT2D eigenvalue weighted by molar-refractivity contribution is 7.18. The van der Waals surface area contributed by atoms with Gasteiger partial charge in [-0.1, -0.05) is 11.3 Å². The summed E-state index contributed by atoms with van der Waals surface area (Å²) in [6, 6.07) is 7.72. The Bertz CT molecular complexity index is 892. The lowest BCUT2D eigenvalue weighted by Crippen LogP contribution is -2.04. The molecule has 0 aliphatic rings. The second kappa shape index (κ2) is 6.52. The van der Waals surface area contributed by atoms with Crippen molar-refractivity contribution in [2.24, 2.45) is 0 Å². The Hall–Kier alpha value is -2.94. The van der Waals surface area contributed by atoms with E-state index in [1.54, 1.807) is 18.3 Å². The van der Waals surface area contributed by atoms with E-state index in [0.717, 1.165) is 23.5 Å². The molecular formula is C16H11F3N4OS. The lowest BCUT2D eigenvalue weighted by Gasteiger charge is -2.07. The SMILES string of the molecule is Nc1nc(Nc2ccc(C(F)(F)F)cc2)sc1C(=O)c1cccnc1. The molecule has 0 saturated heterocycles. The van der Waals surface area contributed by atoms with Gasteiger partial charge in [0.05, 0.1) is 5.56 Å². The van der Waals surface area contributed by atoms with E-state index < -0.39 is 11.7 Å². The first-order valence-electron chi connectivity index (χ1n) is 7.00. The van der Waals surface area contributed by atoms with E-state index in [2.05, 4.69) is 15.3 Å². The van der Waals surface area contributed by atoms with Crippen LogP contribution < -0.4 is 11.1 Å². The van der Waals surface area contributed by atoms with Crippen LogP contribution in [0.2, 0.25) is 0 Å². The molecule has 1 aromatic carbocycles. The van der Waals surface area contributed by atoms with Crippen LogP contribution >= 0.6 is 11.3 Å². The molecule has 9 heteroatoms. The number of nitrogens with one attached hydrogen (secondary N) is 1. The molecule has 2 aromatic heterocycles. The van der Waals surface area contributed by atoms with Gasteiger partial charge < -0.3 is 11.1 Å². The topological polar surface area (TPSA) is 80.9 Å². The first kappa shape index (κ1) is 16.9. The van der Waals surface area contributed by atoms with Crippen LogP contribution in [-0.2, 0) is 6.18 Å². The lowest BCUT2D eigenvalue weighted by atomic mass is 10.2. The van der Waals surface area contributed by atoms with E-state index in [0.29, 0.717) is 16.4 Å². The van der Waals surface area contributed by atoms with E-state index in [1.807, 2.05) is 0 Å². The molecule has 0 atom stereocenters. The molecule has 0 amide bonds. The number of pyridine rings is 1. The van der Waals surface area contributed by atoms with Crippen LogP contribution in [0.3, 0.4) is 0 Å². The zero-order valence-corrected chi connectivity index (χ0v) is 13.4. The zero-order chi connectivity index (χ0) is 18.0. The monoisotopic (exact) mass is 364 g/mol. The zero-order valence-electron chi connectivity index (χ0n) is 12.5. The summed E-state index contributed by atoms with van der Waals surface area (Å²) in [7, 11) is 0. The van der Waals surface area contributed by atoms with Crippen LogP contribution in [0.25, 0.3) is 0 Å². The molecule has 0 radical (unpaired) electrons. The maximum atomic E-state index is 12.6. The molecule has 3 rings (SSSR count). The molecule has 2 heterocycles. The molecule has 0 fully saturated rings. The lowest BCUT2D eigenvalue weighted by molar-refractivity contribution is -0.137. The van der Waals surface area contributed by atoms with Gasteiger partial charge in [0.2, 0.25) is 5.78 Å². The number of alkyl halides is 3. The van der Waals surface area contributed by atoms with Gasteiger partial charge >= 0.3 is 6.18 Å². The van der Waals surface area contributed by atoms with Gasteiger partial charge in [-0.05, 0) is 36.4 Å². The number of hydrogen-bond acceptors (Lipinski definition) is 6. The number of rotatable bonds is 4. The summed E-state index contributed by atoms with van der Waals surface area (Å²) in [6.07, 6.45) is -1.43. The van der Waals surface area contributed by atoms with Gasteiger partial charge in [-0.3, -0.25) is 9.78 Å². The molecular weight excluding hydrogens is 353 g/mol. The third-order valence-electron chi connectivity index (χ3n) is 3.25. The molecule has 0 spiro atoms. The van der Waals surface area contributed by atoms with Crippen molar-refractivity contribution in [3.63, 3.8) is 0 Å². The Morgan fingerprint density at radius 1 is 1.16 bits per heavy atom. The highest BCUT2D eigenvalue weighted by Crippen LogP contribution is 2.32. The Balaban J connectivity index is 1.80. The van der Waals surface area contributed by atoms with Crippen LogP contribution in [-0.4, -0.2) is 15.8 Å². The molecule has 128 valence electrons. The van der Waals surface area contributed by atoms with Crippen molar-refractivity contribution in [3.8, 4) is 0 Å². The molecule has 3 aromatic rings. The van der Waals surface area contributed by atoms with Crippen LogP contribution in [0.1, 0.15) is 20.8 Å². The standard InChI is InChI=1S/C16H11F3N4OS/c17-16(18,19)10-3-5-11(6-4-10)22-15-23-14(20)13(25-15)12(24)9-2-1-7-21-8-9/h1-8H,20H2,(H,22,23). The highest BCUT2D eigenvalue weighted by Gasteiger charge is 2.30. The van der Waals surface area contributed by atoms with E-state index >= 15 is 0 Å². The molecule has 5 nitrogen and oxygen atoms in total. The number of halogens is 3. The number of nitrogen functional groups attached to an aromatic ring is 1. The smallest absolute Gasteiger partial charge is 0.382 e. The molecule has 0 bridgehead atoms. The minimum Gasteiger partial charge on any atom is -0.382 e. The number of nitrogens with zero attached hydrogens (tertiary/aromatic N) is 2. The Labute approximate surface area is 144 Å². The minimum absolute atomic E-state index is 0.0493. The number of carbonyl (C=O) groups excluding carboxylic acids is 1. The van der Waals surface area contributed by atoms with Gasteiger partial charge in [-0.15, -0.1) is 0 Å². The number of anilines is 3. The number of carbonyl (C=O) groups is 1. The van der Waals surface area contributed by atoms with Gasteiger partial charge in [-0.25, -0.2) is 4.98 Å². The van der Waals surface area contributed by atoms with Gasteiger partial charge in [0.15, 0.2) is 5.13 Å². The Kier molecular flexibility index (Phi) is 4.41. The molecule has 25 heavy (non-hydrogen) atoms. The maximum absolute atomic E-state index is 12.6. The summed E-state index contributed by atoms with van der Waals surface area (Å²) in [5, 5.41) is 3.15. The van der Waals surface area contributed by atoms with Gasteiger partial charge in [0.25, 0.3) is 0 Å². The summed E-state index contributed by atoms with van der Waals surface area (Å²) in [5.74, 6) is -0.267. The average molecular weight is 364 g/mol. The number of benzene rings is 1. The molecule has 0 aliphatic heterocycles. The molecule has 0 unspecified atom stereocenters.